The van der Waals surface area contributed by atoms with Crippen molar-refractivity contribution >= 4 is 46.4 Å². The molecule has 26 heavy (non-hydrogen) atoms. The summed E-state index contributed by atoms with van der Waals surface area (Å²) in [6.45, 7) is 0.152. The van der Waals surface area contributed by atoms with Gasteiger partial charge in [-0.15, -0.1) is 0 Å². The molecule has 0 radical (unpaired) electrons. The van der Waals surface area contributed by atoms with Crippen molar-refractivity contribution in [2.24, 2.45) is 5.41 Å². The third-order valence-corrected chi connectivity index (χ3v) is 4.99. The summed E-state index contributed by atoms with van der Waals surface area (Å²) in [5.41, 5.74) is -0.187. The van der Waals surface area contributed by atoms with Crippen LogP contribution < -0.4 is 20.1 Å². The quantitative estimate of drug-likeness (QED) is 0.768. The van der Waals surface area contributed by atoms with E-state index in [2.05, 4.69) is 10.6 Å². The Morgan fingerprint density at radius 1 is 0.923 bits per heavy atom. The number of nitrogens with one attached hydrogen (secondary N) is 2. The van der Waals surface area contributed by atoms with E-state index in [1.807, 2.05) is 0 Å². The topological polar surface area (TPSA) is 76.7 Å². The summed E-state index contributed by atoms with van der Waals surface area (Å²) in [5.74, 6) is 0.409. The second kappa shape index (κ2) is 6.37. The van der Waals surface area contributed by atoms with E-state index < -0.39 is 11.3 Å². The molecule has 1 aliphatic heterocycles. The highest BCUT2D eigenvalue weighted by atomic mass is 35.5. The number of hydrogen-bond donors (Lipinski definition) is 2. The maximum atomic E-state index is 12.7. The first kappa shape index (κ1) is 17.0. The van der Waals surface area contributed by atoms with Gasteiger partial charge in [-0.25, -0.2) is 0 Å². The van der Waals surface area contributed by atoms with E-state index in [0.29, 0.717) is 45.8 Å². The first-order valence-electron chi connectivity index (χ1n) is 7.95. The second-order valence-electron chi connectivity index (χ2n) is 6.18. The average molecular weight is 393 g/mol. The number of carbonyl (C=O) groups is 2. The van der Waals surface area contributed by atoms with E-state index in [1.165, 1.54) is 0 Å². The molecule has 0 unspecified atom stereocenters. The fraction of sp³-hybridized carbons (Fsp3) is 0.222. The third kappa shape index (κ3) is 3.06. The van der Waals surface area contributed by atoms with Crippen LogP contribution >= 0.6 is 23.2 Å². The Balaban J connectivity index is 1.48. The molecule has 4 rings (SSSR count). The van der Waals surface area contributed by atoms with E-state index in [1.54, 1.807) is 36.4 Å². The van der Waals surface area contributed by atoms with Crippen molar-refractivity contribution in [2.45, 2.75) is 12.8 Å². The van der Waals surface area contributed by atoms with Gasteiger partial charge >= 0.3 is 0 Å². The largest absolute Gasteiger partial charge is 0.454 e. The number of carbonyl (C=O) groups excluding carboxylic acids is 2. The summed E-state index contributed by atoms with van der Waals surface area (Å²) in [6.07, 6.45) is 0.931. The Hall–Kier alpha value is -2.44. The average Bonchev–Trinajstić information content (AvgIpc) is 3.31. The summed E-state index contributed by atoms with van der Waals surface area (Å²) < 4.78 is 10.5. The normalized spacial score (nSPS) is 16.1. The third-order valence-electron chi connectivity index (χ3n) is 4.43. The molecule has 1 heterocycles. The highest BCUT2D eigenvalue weighted by molar-refractivity contribution is 6.36. The zero-order valence-corrected chi connectivity index (χ0v) is 15.0. The van der Waals surface area contributed by atoms with E-state index in [4.69, 9.17) is 32.7 Å². The first-order chi connectivity index (χ1) is 12.5. The lowest BCUT2D eigenvalue weighted by atomic mass is 10.0. The summed E-state index contributed by atoms with van der Waals surface area (Å²) in [6, 6.07) is 9.84. The number of amides is 2. The molecule has 1 saturated carbocycles. The fourth-order valence-corrected chi connectivity index (χ4v) is 3.08. The van der Waals surface area contributed by atoms with Gasteiger partial charge in [-0.2, -0.15) is 0 Å². The fourth-order valence-electron chi connectivity index (χ4n) is 2.74. The maximum absolute atomic E-state index is 12.7. The molecule has 0 atom stereocenters. The van der Waals surface area contributed by atoms with Crippen LogP contribution in [0.5, 0.6) is 11.5 Å². The van der Waals surface area contributed by atoms with Crippen LogP contribution in [0, 0.1) is 5.41 Å². The van der Waals surface area contributed by atoms with E-state index in [0.717, 1.165) is 0 Å². The molecule has 2 N–H and O–H groups in total. The standard InChI is InChI=1S/C18H14Cl2N2O4/c19-10-1-3-12(20)13(7-10)22-17(24)18(5-6-18)16(23)21-11-2-4-14-15(8-11)26-9-25-14/h1-4,7-8H,5-6,9H2,(H,21,23)(H,22,24). The molecule has 2 aromatic rings. The molecule has 0 spiro atoms. The minimum absolute atomic E-state index is 0.152. The maximum Gasteiger partial charge on any atom is 0.240 e. The van der Waals surface area contributed by atoms with Crippen LogP contribution in [0.1, 0.15) is 12.8 Å². The molecule has 2 aliphatic rings. The highest BCUT2D eigenvalue weighted by Crippen LogP contribution is 2.48. The first-order valence-corrected chi connectivity index (χ1v) is 8.71. The molecule has 2 amide bonds. The number of fused-ring (bicyclic) bond motifs is 1. The van der Waals surface area contributed by atoms with Crippen molar-refractivity contribution in [3.8, 4) is 11.5 Å². The molecule has 6 nitrogen and oxygen atoms in total. The van der Waals surface area contributed by atoms with Crippen molar-refractivity contribution < 1.29 is 19.1 Å². The van der Waals surface area contributed by atoms with Crippen LogP contribution in [0.3, 0.4) is 0 Å². The van der Waals surface area contributed by atoms with Gasteiger partial charge < -0.3 is 20.1 Å². The summed E-state index contributed by atoms with van der Waals surface area (Å²) in [4.78, 5) is 25.3. The minimum Gasteiger partial charge on any atom is -0.454 e. The minimum atomic E-state index is -1.11. The second-order valence-corrected chi connectivity index (χ2v) is 7.03. The van der Waals surface area contributed by atoms with Crippen LogP contribution in [0.4, 0.5) is 11.4 Å². The van der Waals surface area contributed by atoms with Crippen molar-refractivity contribution in [1.29, 1.82) is 0 Å². The lowest BCUT2D eigenvalue weighted by molar-refractivity contribution is -0.131. The smallest absolute Gasteiger partial charge is 0.240 e. The summed E-state index contributed by atoms with van der Waals surface area (Å²) in [5, 5.41) is 6.27. The number of benzene rings is 2. The Labute approximate surface area is 159 Å². The van der Waals surface area contributed by atoms with Gasteiger partial charge in [0.05, 0.1) is 10.7 Å². The van der Waals surface area contributed by atoms with Gasteiger partial charge in [0.1, 0.15) is 5.41 Å². The van der Waals surface area contributed by atoms with Crippen molar-refractivity contribution in [3.63, 3.8) is 0 Å². The molecule has 2 aromatic carbocycles. The van der Waals surface area contributed by atoms with Crippen LogP contribution in [0.2, 0.25) is 10.0 Å². The van der Waals surface area contributed by atoms with Gasteiger partial charge in [0.25, 0.3) is 0 Å². The van der Waals surface area contributed by atoms with Gasteiger partial charge in [-0.1, -0.05) is 23.2 Å². The number of ether oxygens (including phenoxy) is 2. The predicted molar refractivity (Wildman–Crippen MR) is 98.0 cm³/mol. The SMILES string of the molecule is O=C(Nc1ccc2c(c1)OCO2)C1(C(=O)Nc2cc(Cl)ccc2Cl)CC1. The van der Waals surface area contributed by atoms with E-state index in [-0.39, 0.29) is 12.7 Å². The van der Waals surface area contributed by atoms with E-state index >= 15 is 0 Å². The molecule has 8 heteroatoms. The van der Waals surface area contributed by atoms with Gasteiger partial charge in [0.2, 0.25) is 18.6 Å². The molecule has 1 fully saturated rings. The van der Waals surface area contributed by atoms with Crippen molar-refractivity contribution in [3.05, 3.63) is 46.4 Å². The number of hydrogen-bond acceptors (Lipinski definition) is 4. The Morgan fingerprint density at radius 2 is 1.65 bits per heavy atom. The zero-order valence-electron chi connectivity index (χ0n) is 13.5. The van der Waals surface area contributed by atoms with Crippen LogP contribution in [-0.4, -0.2) is 18.6 Å². The van der Waals surface area contributed by atoms with Gasteiger partial charge in [0, 0.05) is 16.8 Å². The monoisotopic (exact) mass is 392 g/mol. The predicted octanol–water partition coefficient (Wildman–Crippen LogP) is 4.08. The molecule has 1 aliphatic carbocycles. The van der Waals surface area contributed by atoms with Crippen LogP contribution in [0.25, 0.3) is 0 Å². The Bertz CT molecular complexity index is 912. The van der Waals surface area contributed by atoms with Gasteiger partial charge in [-0.3, -0.25) is 9.59 Å². The highest BCUT2D eigenvalue weighted by Gasteiger charge is 2.56. The molecular weight excluding hydrogens is 379 g/mol. The Kier molecular flexibility index (Phi) is 4.17. The Morgan fingerprint density at radius 3 is 2.42 bits per heavy atom. The van der Waals surface area contributed by atoms with Crippen LogP contribution in [-0.2, 0) is 9.59 Å². The number of anilines is 2. The summed E-state index contributed by atoms with van der Waals surface area (Å²) in [7, 11) is 0. The molecule has 0 saturated heterocycles. The molecular formula is C18H14Cl2N2O4. The molecule has 0 aromatic heterocycles. The van der Waals surface area contributed by atoms with Gasteiger partial charge in [-0.05, 0) is 43.2 Å². The van der Waals surface area contributed by atoms with Crippen molar-refractivity contribution in [1.82, 2.24) is 0 Å². The lowest BCUT2D eigenvalue weighted by Crippen LogP contribution is -2.35. The molecule has 0 bridgehead atoms. The molecule has 134 valence electrons. The zero-order chi connectivity index (χ0) is 18.3. The number of halogens is 2. The van der Waals surface area contributed by atoms with Crippen LogP contribution in [0.15, 0.2) is 36.4 Å². The summed E-state index contributed by atoms with van der Waals surface area (Å²) >= 11 is 12.0. The van der Waals surface area contributed by atoms with E-state index in [9.17, 15) is 9.59 Å². The van der Waals surface area contributed by atoms with Crippen molar-refractivity contribution in [2.75, 3.05) is 17.4 Å². The van der Waals surface area contributed by atoms with Gasteiger partial charge in [0.15, 0.2) is 11.5 Å². The lowest BCUT2D eigenvalue weighted by Gasteiger charge is -2.16. The number of rotatable bonds is 4.